The standard InChI is InChI=1S/C17H17ClN2O4/c1-10-5-6-20(14(7-10)17(22)23)16(21)15-9-13(19-24-15)11-3-2-4-12(18)8-11/h2-4,8-10,14H,5-7H2,1H3,(H,22,23). The second-order valence-electron chi connectivity index (χ2n) is 6.07. The minimum Gasteiger partial charge on any atom is -0.480 e. The van der Waals surface area contributed by atoms with Crippen molar-refractivity contribution >= 4 is 23.5 Å². The summed E-state index contributed by atoms with van der Waals surface area (Å²) < 4.78 is 5.15. The van der Waals surface area contributed by atoms with Crippen LogP contribution in [0.5, 0.6) is 0 Å². The molecular weight excluding hydrogens is 332 g/mol. The monoisotopic (exact) mass is 348 g/mol. The molecule has 1 fully saturated rings. The van der Waals surface area contributed by atoms with Crippen LogP contribution < -0.4 is 0 Å². The first-order valence-corrected chi connectivity index (χ1v) is 8.10. The van der Waals surface area contributed by atoms with Gasteiger partial charge in [0.1, 0.15) is 11.7 Å². The van der Waals surface area contributed by atoms with E-state index in [1.807, 2.05) is 6.92 Å². The predicted molar refractivity (Wildman–Crippen MR) is 87.8 cm³/mol. The Morgan fingerprint density at radius 3 is 2.88 bits per heavy atom. The maximum absolute atomic E-state index is 12.6. The largest absolute Gasteiger partial charge is 0.480 e. The van der Waals surface area contributed by atoms with Crippen LogP contribution in [0.3, 0.4) is 0 Å². The number of piperidine rings is 1. The van der Waals surface area contributed by atoms with Crippen molar-refractivity contribution in [3.8, 4) is 11.3 Å². The van der Waals surface area contributed by atoms with Gasteiger partial charge in [-0.05, 0) is 30.9 Å². The van der Waals surface area contributed by atoms with Gasteiger partial charge in [0.15, 0.2) is 0 Å². The number of rotatable bonds is 3. The molecule has 1 aliphatic rings. The second kappa shape index (κ2) is 6.65. The van der Waals surface area contributed by atoms with E-state index in [2.05, 4.69) is 5.16 Å². The molecule has 1 aromatic carbocycles. The molecule has 1 saturated heterocycles. The number of aliphatic carboxylic acids is 1. The van der Waals surface area contributed by atoms with Gasteiger partial charge in [0.25, 0.3) is 5.91 Å². The maximum atomic E-state index is 12.6. The lowest BCUT2D eigenvalue weighted by molar-refractivity contribution is -0.144. The quantitative estimate of drug-likeness (QED) is 0.919. The van der Waals surface area contributed by atoms with Crippen molar-refractivity contribution in [1.82, 2.24) is 10.1 Å². The van der Waals surface area contributed by atoms with Crippen LogP contribution in [0.15, 0.2) is 34.9 Å². The lowest BCUT2D eigenvalue weighted by Crippen LogP contribution is -2.49. The molecule has 3 rings (SSSR count). The fourth-order valence-corrected chi connectivity index (χ4v) is 3.11. The van der Waals surface area contributed by atoms with Gasteiger partial charge in [-0.25, -0.2) is 4.79 Å². The SMILES string of the molecule is CC1CCN(C(=O)c2cc(-c3cccc(Cl)c3)no2)C(C(=O)O)C1. The number of carboxylic acids is 1. The van der Waals surface area contributed by atoms with Crippen LogP contribution in [-0.4, -0.2) is 39.6 Å². The Hall–Kier alpha value is -2.34. The van der Waals surface area contributed by atoms with Gasteiger partial charge in [-0.3, -0.25) is 4.79 Å². The van der Waals surface area contributed by atoms with E-state index in [1.54, 1.807) is 24.3 Å². The molecule has 0 radical (unpaired) electrons. The van der Waals surface area contributed by atoms with Gasteiger partial charge in [0.2, 0.25) is 5.76 Å². The number of nitrogens with zero attached hydrogens (tertiary/aromatic N) is 2. The fourth-order valence-electron chi connectivity index (χ4n) is 2.92. The minimum atomic E-state index is -0.996. The Balaban J connectivity index is 1.84. The van der Waals surface area contributed by atoms with E-state index in [0.717, 1.165) is 12.0 Å². The summed E-state index contributed by atoms with van der Waals surface area (Å²) >= 11 is 5.95. The molecule has 1 N–H and O–H groups in total. The number of amides is 1. The molecule has 2 unspecified atom stereocenters. The van der Waals surface area contributed by atoms with Crippen molar-refractivity contribution < 1.29 is 19.2 Å². The Morgan fingerprint density at radius 2 is 2.17 bits per heavy atom. The Bertz CT molecular complexity index is 773. The van der Waals surface area contributed by atoms with Crippen LogP contribution in [0, 0.1) is 5.92 Å². The third-order valence-electron chi connectivity index (χ3n) is 4.25. The summed E-state index contributed by atoms with van der Waals surface area (Å²) in [6.07, 6.45) is 1.21. The van der Waals surface area contributed by atoms with Gasteiger partial charge in [-0.2, -0.15) is 0 Å². The van der Waals surface area contributed by atoms with Crippen molar-refractivity contribution in [2.75, 3.05) is 6.54 Å². The molecular formula is C17H17ClN2O4. The van der Waals surface area contributed by atoms with E-state index < -0.39 is 17.9 Å². The highest BCUT2D eigenvalue weighted by molar-refractivity contribution is 6.30. The van der Waals surface area contributed by atoms with Gasteiger partial charge in [-0.1, -0.05) is 35.8 Å². The Labute approximate surface area is 144 Å². The Morgan fingerprint density at radius 1 is 1.38 bits per heavy atom. The average molecular weight is 349 g/mol. The number of carbonyl (C=O) groups excluding carboxylic acids is 1. The summed E-state index contributed by atoms with van der Waals surface area (Å²) in [5.74, 6) is -1.14. The number of carboxylic acid groups (broad SMARTS) is 1. The fraction of sp³-hybridized carbons (Fsp3) is 0.353. The predicted octanol–water partition coefficient (Wildman–Crippen LogP) is 3.32. The molecule has 2 atom stereocenters. The first-order chi connectivity index (χ1) is 11.5. The molecule has 0 spiro atoms. The molecule has 0 aliphatic carbocycles. The zero-order chi connectivity index (χ0) is 17.3. The summed E-state index contributed by atoms with van der Waals surface area (Å²) in [6.45, 7) is 2.38. The number of carbonyl (C=O) groups is 2. The lowest BCUT2D eigenvalue weighted by Gasteiger charge is -2.35. The number of aromatic nitrogens is 1. The summed E-state index contributed by atoms with van der Waals surface area (Å²) in [4.78, 5) is 25.4. The van der Waals surface area contributed by atoms with Crippen LogP contribution in [-0.2, 0) is 4.79 Å². The summed E-state index contributed by atoms with van der Waals surface area (Å²) in [5.41, 5.74) is 1.21. The van der Waals surface area contributed by atoms with E-state index in [1.165, 1.54) is 11.0 Å². The highest BCUT2D eigenvalue weighted by atomic mass is 35.5. The highest BCUT2D eigenvalue weighted by Crippen LogP contribution is 2.27. The average Bonchev–Trinajstić information content (AvgIpc) is 3.04. The van der Waals surface area contributed by atoms with Crippen LogP contribution >= 0.6 is 11.6 Å². The molecule has 0 bridgehead atoms. The van der Waals surface area contributed by atoms with Gasteiger partial charge >= 0.3 is 5.97 Å². The third kappa shape index (κ3) is 3.28. The van der Waals surface area contributed by atoms with Crippen molar-refractivity contribution in [1.29, 1.82) is 0 Å². The second-order valence-corrected chi connectivity index (χ2v) is 6.51. The number of likely N-dealkylation sites (tertiary alicyclic amines) is 1. The van der Waals surface area contributed by atoms with Gasteiger partial charge in [0.05, 0.1) is 0 Å². The number of hydrogen-bond acceptors (Lipinski definition) is 4. The normalized spacial score (nSPS) is 20.8. The number of hydrogen-bond donors (Lipinski definition) is 1. The maximum Gasteiger partial charge on any atom is 0.326 e. The molecule has 7 heteroatoms. The van der Waals surface area contributed by atoms with Crippen molar-refractivity contribution in [3.63, 3.8) is 0 Å². The first kappa shape index (κ1) is 16.5. The van der Waals surface area contributed by atoms with Crippen LogP contribution in [0.25, 0.3) is 11.3 Å². The number of benzene rings is 1. The zero-order valence-corrected chi connectivity index (χ0v) is 13.9. The summed E-state index contributed by atoms with van der Waals surface area (Å²) in [7, 11) is 0. The molecule has 6 nitrogen and oxygen atoms in total. The van der Waals surface area contributed by atoms with Crippen LogP contribution in [0.4, 0.5) is 0 Å². The summed E-state index contributed by atoms with van der Waals surface area (Å²) in [5, 5.41) is 13.8. The topological polar surface area (TPSA) is 83.6 Å². The smallest absolute Gasteiger partial charge is 0.326 e. The van der Waals surface area contributed by atoms with Gasteiger partial charge in [0, 0.05) is 23.2 Å². The lowest BCUT2D eigenvalue weighted by atomic mass is 9.92. The van der Waals surface area contributed by atoms with E-state index in [9.17, 15) is 14.7 Å². The van der Waals surface area contributed by atoms with Gasteiger partial charge in [-0.15, -0.1) is 0 Å². The molecule has 0 saturated carbocycles. The molecule has 2 aromatic rings. The van der Waals surface area contributed by atoms with E-state index >= 15 is 0 Å². The summed E-state index contributed by atoms with van der Waals surface area (Å²) in [6, 6.07) is 7.73. The van der Waals surface area contributed by atoms with Crippen molar-refractivity contribution in [2.24, 2.45) is 5.92 Å². The first-order valence-electron chi connectivity index (χ1n) is 7.72. The van der Waals surface area contributed by atoms with Crippen LogP contribution in [0.1, 0.15) is 30.3 Å². The number of halogens is 1. The van der Waals surface area contributed by atoms with E-state index in [0.29, 0.717) is 23.7 Å². The van der Waals surface area contributed by atoms with Crippen molar-refractivity contribution in [3.05, 3.63) is 41.1 Å². The van der Waals surface area contributed by atoms with Crippen molar-refractivity contribution in [2.45, 2.75) is 25.8 Å². The van der Waals surface area contributed by atoms with E-state index in [-0.39, 0.29) is 11.7 Å². The van der Waals surface area contributed by atoms with E-state index in [4.69, 9.17) is 16.1 Å². The molecule has 126 valence electrons. The molecule has 1 aliphatic heterocycles. The third-order valence-corrected chi connectivity index (χ3v) is 4.49. The molecule has 1 aromatic heterocycles. The minimum absolute atomic E-state index is 0.0331. The molecule has 2 heterocycles. The zero-order valence-electron chi connectivity index (χ0n) is 13.1. The molecule has 24 heavy (non-hydrogen) atoms. The van der Waals surface area contributed by atoms with Crippen LogP contribution in [0.2, 0.25) is 5.02 Å². The highest BCUT2D eigenvalue weighted by Gasteiger charge is 2.36. The van der Waals surface area contributed by atoms with Gasteiger partial charge < -0.3 is 14.5 Å². The molecule has 1 amide bonds. The Kier molecular flexibility index (Phi) is 4.57.